The van der Waals surface area contributed by atoms with Crippen LogP contribution in [0.3, 0.4) is 0 Å². The Morgan fingerprint density at radius 1 is 1.10 bits per heavy atom. The predicted octanol–water partition coefficient (Wildman–Crippen LogP) is 4.09. The lowest BCUT2D eigenvalue weighted by Gasteiger charge is -2.30. The molecule has 2 aromatic carbocycles. The molecule has 0 N–H and O–H groups in total. The zero-order valence-electron chi connectivity index (χ0n) is 16.6. The highest BCUT2D eigenvalue weighted by Gasteiger charge is 2.32. The van der Waals surface area contributed by atoms with E-state index in [0.29, 0.717) is 18.5 Å². The maximum atomic E-state index is 13.1. The van der Waals surface area contributed by atoms with Crippen molar-refractivity contribution in [2.75, 3.05) is 13.1 Å². The Hall–Kier alpha value is -2.62. The minimum absolute atomic E-state index is 0.0546. The number of rotatable bonds is 6. The van der Waals surface area contributed by atoms with Crippen LogP contribution >= 0.6 is 11.3 Å². The van der Waals surface area contributed by atoms with Crippen molar-refractivity contribution in [3.8, 4) is 10.6 Å². The molecule has 0 atom stereocenters. The molecule has 1 aliphatic rings. The Labute approximate surface area is 184 Å². The first kappa shape index (κ1) is 21.6. The summed E-state index contributed by atoms with van der Waals surface area (Å²) in [5.41, 5.74) is 1.43. The molecule has 1 aliphatic heterocycles. The number of hydrogen-bond acceptors (Lipinski definition) is 6. The summed E-state index contributed by atoms with van der Waals surface area (Å²) in [6.07, 6.45) is 0.839. The molecule has 9 heteroatoms. The van der Waals surface area contributed by atoms with E-state index in [-0.39, 0.29) is 42.3 Å². The third-order valence-corrected chi connectivity index (χ3v) is 8.03. The van der Waals surface area contributed by atoms with E-state index in [1.54, 1.807) is 47.8 Å². The van der Waals surface area contributed by atoms with Crippen molar-refractivity contribution in [1.29, 1.82) is 0 Å². The molecule has 0 radical (unpaired) electrons. The van der Waals surface area contributed by atoms with Crippen molar-refractivity contribution >= 4 is 27.3 Å². The minimum atomic E-state index is -3.54. The number of aromatic nitrogens is 1. The molecule has 31 heavy (non-hydrogen) atoms. The van der Waals surface area contributed by atoms with Crippen LogP contribution in [-0.4, -0.2) is 36.8 Å². The van der Waals surface area contributed by atoms with Gasteiger partial charge in [0.25, 0.3) is 0 Å². The fraction of sp³-hybridized carbons (Fsp3) is 0.273. The number of carbonyl (C=O) groups is 1. The number of hydrogen-bond donors (Lipinski definition) is 0. The average Bonchev–Trinajstić information content (AvgIpc) is 3.28. The van der Waals surface area contributed by atoms with Gasteiger partial charge >= 0.3 is 5.97 Å². The van der Waals surface area contributed by atoms with Crippen molar-refractivity contribution in [2.24, 2.45) is 5.92 Å². The summed E-state index contributed by atoms with van der Waals surface area (Å²) in [7, 11) is -3.54. The Kier molecular flexibility index (Phi) is 6.45. The van der Waals surface area contributed by atoms with Crippen LogP contribution in [0.5, 0.6) is 0 Å². The van der Waals surface area contributed by atoms with E-state index in [1.807, 2.05) is 0 Å². The van der Waals surface area contributed by atoms with Gasteiger partial charge in [0.15, 0.2) is 0 Å². The van der Waals surface area contributed by atoms with Crippen LogP contribution in [0, 0.1) is 11.7 Å². The highest BCUT2D eigenvalue weighted by molar-refractivity contribution is 7.89. The fourth-order valence-electron chi connectivity index (χ4n) is 3.43. The summed E-state index contributed by atoms with van der Waals surface area (Å²) in [6, 6.07) is 14.4. The summed E-state index contributed by atoms with van der Waals surface area (Å²) in [5, 5.41) is 2.53. The first-order valence-corrected chi connectivity index (χ1v) is 12.2. The van der Waals surface area contributed by atoms with Crippen LogP contribution in [0.2, 0.25) is 0 Å². The van der Waals surface area contributed by atoms with E-state index in [2.05, 4.69) is 4.98 Å². The van der Waals surface area contributed by atoms with Gasteiger partial charge < -0.3 is 4.74 Å². The molecule has 0 amide bonds. The van der Waals surface area contributed by atoms with E-state index in [0.717, 1.165) is 10.6 Å². The lowest BCUT2D eigenvalue weighted by atomic mass is 9.98. The van der Waals surface area contributed by atoms with Crippen LogP contribution < -0.4 is 0 Å². The van der Waals surface area contributed by atoms with E-state index in [4.69, 9.17) is 4.74 Å². The smallest absolute Gasteiger partial charge is 0.309 e. The van der Waals surface area contributed by atoms with Gasteiger partial charge in [-0.15, -0.1) is 11.3 Å². The van der Waals surface area contributed by atoms with Gasteiger partial charge in [0.1, 0.15) is 17.4 Å². The van der Waals surface area contributed by atoms with Crippen LogP contribution in [0.15, 0.2) is 64.9 Å². The quantitative estimate of drug-likeness (QED) is 0.518. The van der Waals surface area contributed by atoms with E-state index >= 15 is 0 Å². The monoisotopic (exact) mass is 460 g/mol. The van der Waals surface area contributed by atoms with Crippen LogP contribution in [0.1, 0.15) is 18.5 Å². The molecule has 162 valence electrons. The summed E-state index contributed by atoms with van der Waals surface area (Å²) >= 11 is 1.40. The molecule has 0 spiro atoms. The van der Waals surface area contributed by atoms with Crippen molar-refractivity contribution < 1.29 is 22.3 Å². The van der Waals surface area contributed by atoms with Gasteiger partial charge in [-0.05, 0) is 49.2 Å². The lowest BCUT2D eigenvalue weighted by molar-refractivity contribution is -0.151. The topological polar surface area (TPSA) is 76.6 Å². The number of sulfonamides is 1. The molecule has 6 nitrogen and oxygen atoms in total. The Bertz CT molecular complexity index is 1140. The third-order valence-electron chi connectivity index (χ3n) is 5.17. The first-order chi connectivity index (χ1) is 14.9. The Morgan fingerprint density at radius 2 is 1.77 bits per heavy atom. The average molecular weight is 461 g/mol. The summed E-state index contributed by atoms with van der Waals surface area (Å²) in [4.78, 5) is 17.2. The number of halogens is 1. The van der Waals surface area contributed by atoms with Crippen LogP contribution in [0.4, 0.5) is 4.39 Å². The molecule has 1 saturated heterocycles. The molecule has 0 saturated carbocycles. The van der Waals surface area contributed by atoms with Crippen molar-refractivity contribution in [2.45, 2.75) is 24.3 Å². The van der Waals surface area contributed by atoms with Gasteiger partial charge in [-0.3, -0.25) is 4.79 Å². The second-order valence-electron chi connectivity index (χ2n) is 7.25. The molecule has 2 heterocycles. The molecule has 1 aromatic heterocycles. The van der Waals surface area contributed by atoms with Crippen LogP contribution in [0.25, 0.3) is 10.6 Å². The Balaban J connectivity index is 1.29. The standard InChI is InChI=1S/C22H21FN2O4S2/c23-18-8-6-16(7-9-18)21-24-19(15-30-21)14-29-22(26)17-10-12-25(13-11-17)31(27,28)20-4-2-1-3-5-20/h1-9,15,17H,10-14H2. The SMILES string of the molecule is O=C(OCc1csc(-c2ccc(F)cc2)n1)C1CCN(S(=O)(=O)c2ccccc2)CC1. The molecule has 3 aromatic rings. The number of nitrogens with zero attached hydrogens (tertiary/aromatic N) is 2. The number of piperidine rings is 1. The number of thiazole rings is 1. The summed E-state index contributed by atoms with van der Waals surface area (Å²) < 4.78 is 45.3. The first-order valence-electron chi connectivity index (χ1n) is 9.85. The number of carbonyl (C=O) groups excluding carboxylic acids is 1. The van der Waals surface area contributed by atoms with E-state index in [9.17, 15) is 17.6 Å². The molecule has 0 unspecified atom stereocenters. The highest BCUT2D eigenvalue weighted by Crippen LogP contribution is 2.26. The number of esters is 1. The molecular weight excluding hydrogens is 439 g/mol. The molecule has 0 bridgehead atoms. The fourth-order valence-corrected chi connectivity index (χ4v) is 5.74. The Morgan fingerprint density at radius 3 is 2.45 bits per heavy atom. The van der Waals surface area contributed by atoms with Gasteiger partial charge in [-0.25, -0.2) is 17.8 Å². The summed E-state index contributed by atoms with van der Waals surface area (Å²) in [6.45, 7) is 0.615. The zero-order chi connectivity index (χ0) is 21.8. The molecular formula is C22H21FN2O4S2. The van der Waals surface area contributed by atoms with Gasteiger partial charge in [-0.1, -0.05) is 18.2 Å². The normalized spacial score (nSPS) is 15.6. The van der Waals surface area contributed by atoms with Gasteiger partial charge in [0.05, 0.1) is 16.5 Å². The number of ether oxygens (including phenoxy) is 1. The van der Waals surface area contributed by atoms with Crippen molar-refractivity contribution in [3.63, 3.8) is 0 Å². The molecule has 4 rings (SSSR count). The van der Waals surface area contributed by atoms with E-state index < -0.39 is 10.0 Å². The maximum absolute atomic E-state index is 13.1. The van der Waals surface area contributed by atoms with Gasteiger partial charge in [0.2, 0.25) is 10.0 Å². The largest absolute Gasteiger partial charge is 0.459 e. The van der Waals surface area contributed by atoms with Gasteiger partial charge in [0, 0.05) is 24.0 Å². The van der Waals surface area contributed by atoms with Crippen LogP contribution in [-0.2, 0) is 26.2 Å². The van der Waals surface area contributed by atoms with Crippen molar-refractivity contribution in [3.05, 3.63) is 71.5 Å². The van der Waals surface area contributed by atoms with E-state index in [1.165, 1.54) is 27.8 Å². The lowest BCUT2D eigenvalue weighted by Crippen LogP contribution is -2.40. The van der Waals surface area contributed by atoms with Crippen molar-refractivity contribution in [1.82, 2.24) is 9.29 Å². The number of benzene rings is 2. The highest BCUT2D eigenvalue weighted by atomic mass is 32.2. The molecule has 0 aliphatic carbocycles. The van der Waals surface area contributed by atoms with Gasteiger partial charge in [-0.2, -0.15) is 4.31 Å². The second-order valence-corrected chi connectivity index (χ2v) is 10.0. The third kappa shape index (κ3) is 5.00. The minimum Gasteiger partial charge on any atom is -0.459 e. The molecule has 1 fully saturated rings. The summed E-state index contributed by atoms with van der Waals surface area (Å²) in [5.74, 6) is -0.984. The predicted molar refractivity (Wildman–Crippen MR) is 115 cm³/mol. The maximum Gasteiger partial charge on any atom is 0.309 e. The zero-order valence-corrected chi connectivity index (χ0v) is 18.2. The second kappa shape index (κ2) is 9.25.